The van der Waals surface area contributed by atoms with Gasteiger partial charge in [-0.1, -0.05) is 0 Å². The number of phosphoric ester groups is 1. The smallest absolute Gasteiger partial charge is 0.493 e. The normalized spacial score (nSPS) is 11.2. The molecule has 0 aliphatic heterocycles. The molecular weight excluding hydrogens is 401 g/mol. The molecule has 3 rings (SSSR count). The van der Waals surface area contributed by atoms with Crippen LogP contribution in [0, 0.1) is 11.3 Å². The maximum atomic E-state index is 11.2. The fourth-order valence-corrected chi connectivity index (χ4v) is 3.30. The number of nitrogens with two attached hydrogens (primary N) is 1. The average Bonchev–Trinajstić information content (AvgIpc) is 2.91. The summed E-state index contributed by atoms with van der Waals surface area (Å²) < 4.78 is 33.7. The number of aryl methyl sites for hydroxylation is 1. The predicted octanol–water partition coefficient (Wildman–Crippen LogP) is 2.91. The van der Waals surface area contributed by atoms with Crippen molar-refractivity contribution in [2.24, 2.45) is 7.05 Å². The number of ether oxygens (including phenoxy) is 3. The van der Waals surface area contributed by atoms with E-state index >= 15 is 0 Å². The van der Waals surface area contributed by atoms with E-state index in [2.05, 4.69) is 10.6 Å². The molecule has 0 amide bonds. The third-order valence-corrected chi connectivity index (χ3v) is 4.63. The minimum Gasteiger partial charge on any atom is -0.493 e. The Morgan fingerprint density at radius 2 is 1.72 bits per heavy atom. The first-order chi connectivity index (χ1) is 13.7. The molecule has 0 unspecified atom stereocenters. The Hall–Kier alpha value is -3.38. The predicted molar refractivity (Wildman–Crippen MR) is 104 cm³/mol. The Labute approximate surface area is 165 Å². The van der Waals surface area contributed by atoms with Crippen molar-refractivity contribution in [2.75, 3.05) is 20.0 Å². The van der Waals surface area contributed by atoms with E-state index in [0.29, 0.717) is 22.5 Å². The Morgan fingerprint density at radius 3 is 2.24 bits per heavy atom. The van der Waals surface area contributed by atoms with Crippen molar-refractivity contribution in [1.29, 1.82) is 5.26 Å². The van der Waals surface area contributed by atoms with Crippen molar-refractivity contribution in [2.45, 2.75) is 0 Å². The molecule has 0 aliphatic carbocycles. The van der Waals surface area contributed by atoms with Gasteiger partial charge >= 0.3 is 7.82 Å². The molecule has 0 aliphatic rings. The molecule has 1 aromatic heterocycles. The van der Waals surface area contributed by atoms with Crippen LogP contribution in [0.2, 0.25) is 0 Å². The molecule has 10 nitrogen and oxygen atoms in total. The van der Waals surface area contributed by atoms with E-state index in [4.69, 9.17) is 29.7 Å². The van der Waals surface area contributed by atoms with Crippen LogP contribution in [-0.2, 0) is 11.6 Å². The average molecular weight is 419 g/mol. The number of nitrogens with zero attached hydrogens (tertiary/aromatic N) is 2. The highest BCUT2D eigenvalue weighted by Gasteiger charge is 2.24. The van der Waals surface area contributed by atoms with Crippen molar-refractivity contribution in [3.05, 3.63) is 35.9 Å². The number of nitrogen functional groups attached to an aromatic ring is 1. The molecule has 152 valence electrons. The molecule has 0 bridgehead atoms. The fourth-order valence-electron chi connectivity index (χ4n) is 2.88. The van der Waals surface area contributed by atoms with E-state index in [1.165, 1.54) is 26.4 Å². The number of benzene rings is 2. The van der Waals surface area contributed by atoms with Gasteiger partial charge in [-0.05, 0) is 18.2 Å². The molecule has 1 heterocycles. The standard InChI is InChI=1S/C18H18N3O7P/c1-21-14-5-4-10(6-12(14)13(9-19)18(21)20)27-11-7-15(25-2)17(16(8-11)26-3)28-29(22,23)24/h4-8H,20H2,1-3H3,(H2,22,23,24). The number of hydrogen-bond acceptors (Lipinski definition) is 7. The summed E-state index contributed by atoms with van der Waals surface area (Å²) in [6, 6.07) is 10.00. The van der Waals surface area contributed by atoms with E-state index in [9.17, 15) is 9.83 Å². The zero-order valence-electron chi connectivity index (χ0n) is 15.7. The summed E-state index contributed by atoms with van der Waals surface area (Å²) in [5.74, 6) is 0.775. The van der Waals surface area contributed by atoms with Gasteiger partial charge in [-0.2, -0.15) is 5.26 Å². The van der Waals surface area contributed by atoms with Crippen LogP contribution in [0.5, 0.6) is 28.7 Å². The Morgan fingerprint density at radius 1 is 1.10 bits per heavy atom. The van der Waals surface area contributed by atoms with Gasteiger partial charge < -0.3 is 29.0 Å². The molecule has 2 aromatic carbocycles. The zero-order chi connectivity index (χ0) is 21.3. The van der Waals surface area contributed by atoms with E-state index in [-0.39, 0.29) is 23.0 Å². The largest absolute Gasteiger partial charge is 0.525 e. The number of fused-ring (bicyclic) bond motifs is 1. The van der Waals surface area contributed by atoms with Gasteiger partial charge in [0.15, 0.2) is 11.5 Å². The molecule has 0 radical (unpaired) electrons. The second-order valence-electron chi connectivity index (χ2n) is 5.95. The summed E-state index contributed by atoms with van der Waals surface area (Å²) in [4.78, 5) is 18.2. The summed E-state index contributed by atoms with van der Waals surface area (Å²) in [6.45, 7) is 0. The molecule has 29 heavy (non-hydrogen) atoms. The maximum absolute atomic E-state index is 11.2. The van der Waals surface area contributed by atoms with Crippen LogP contribution in [0.25, 0.3) is 10.9 Å². The quantitative estimate of drug-likeness (QED) is 0.513. The van der Waals surface area contributed by atoms with Gasteiger partial charge in [0.2, 0.25) is 5.75 Å². The highest BCUT2D eigenvalue weighted by molar-refractivity contribution is 7.46. The number of nitriles is 1. The topological polar surface area (TPSA) is 149 Å². The van der Waals surface area contributed by atoms with Crippen LogP contribution in [0.15, 0.2) is 30.3 Å². The number of hydrogen-bond donors (Lipinski definition) is 3. The SMILES string of the molecule is COc1cc(Oc2ccc3c(c2)c(C#N)c(N)n3C)cc(OC)c1OP(=O)(O)O. The van der Waals surface area contributed by atoms with Crippen LogP contribution in [0.4, 0.5) is 5.82 Å². The molecule has 0 spiro atoms. The van der Waals surface area contributed by atoms with E-state index in [1.54, 1.807) is 29.8 Å². The van der Waals surface area contributed by atoms with Crippen molar-refractivity contribution in [1.82, 2.24) is 4.57 Å². The van der Waals surface area contributed by atoms with Crippen LogP contribution in [-0.4, -0.2) is 28.6 Å². The monoisotopic (exact) mass is 419 g/mol. The second kappa shape index (κ2) is 7.56. The lowest BCUT2D eigenvalue weighted by atomic mass is 10.1. The van der Waals surface area contributed by atoms with Gasteiger partial charge in [0.25, 0.3) is 0 Å². The first-order valence-corrected chi connectivity index (χ1v) is 9.68. The molecule has 0 fully saturated rings. The fraction of sp³-hybridized carbons (Fsp3) is 0.167. The van der Waals surface area contributed by atoms with Crippen molar-refractivity contribution >= 4 is 24.5 Å². The van der Waals surface area contributed by atoms with Gasteiger partial charge in [0, 0.05) is 24.6 Å². The molecule has 0 saturated heterocycles. The minimum atomic E-state index is -4.83. The zero-order valence-corrected chi connectivity index (χ0v) is 16.6. The van der Waals surface area contributed by atoms with E-state index in [0.717, 1.165) is 5.52 Å². The first-order valence-electron chi connectivity index (χ1n) is 8.15. The van der Waals surface area contributed by atoms with Crippen LogP contribution in [0.3, 0.4) is 0 Å². The van der Waals surface area contributed by atoms with Crippen LogP contribution >= 0.6 is 7.82 Å². The lowest BCUT2D eigenvalue weighted by molar-refractivity contribution is 0.268. The molecule has 0 atom stereocenters. The summed E-state index contributed by atoms with van der Waals surface area (Å²) >= 11 is 0. The molecule has 3 aromatic rings. The van der Waals surface area contributed by atoms with E-state index in [1.807, 2.05) is 0 Å². The Bertz CT molecular complexity index is 1150. The number of phosphoric acid groups is 1. The Balaban J connectivity index is 2.04. The summed E-state index contributed by atoms with van der Waals surface area (Å²) in [6.07, 6.45) is 0. The summed E-state index contributed by atoms with van der Waals surface area (Å²) in [7, 11) is -0.458. The van der Waals surface area contributed by atoms with Crippen LogP contribution < -0.4 is 24.5 Å². The van der Waals surface area contributed by atoms with Gasteiger partial charge in [0.05, 0.1) is 19.7 Å². The van der Waals surface area contributed by atoms with Crippen molar-refractivity contribution < 1.29 is 33.1 Å². The van der Waals surface area contributed by atoms with Crippen LogP contribution in [0.1, 0.15) is 5.56 Å². The maximum Gasteiger partial charge on any atom is 0.525 e. The number of rotatable bonds is 6. The highest BCUT2D eigenvalue weighted by atomic mass is 31.2. The Kier molecular flexibility index (Phi) is 5.31. The van der Waals surface area contributed by atoms with E-state index < -0.39 is 7.82 Å². The second-order valence-corrected chi connectivity index (χ2v) is 7.11. The molecule has 11 heteroatoms. The molecule has 4 N–H and O–H groups in total. The highest BCUT2D eigenvalue weighted by Crippen LogP contribution is 2.49. The third-order valence-electron chi connectivity index (χ3n) is 4.21. The number of anilines is 1. The lowest BCUT2D eigenvalue weighted by Gasteiger charge is -2.16. The van der Waals surface area contributed by atoms with Gasteiger partial charge in [0.1, 0.15) is 28.9 Å². The molecule has 0 saturated carbocycles. The van der Waals surface area contributed by atoms with Gasteiger partial charge in [-0.25, -0.2) is 4.57 Å². The molecular formula is C18H18N3O7P. The summed E-state index contributed by atoms with van der Waals surface area (Å²) in [5, 5.41) is 10.0. The third kappa shape index (κ3) is 3.93. The number of methoxy groups -OCH3 is 2. The van der Waals surface area contributed by atoms with Gasteiger partial charge in [-0.3, -0.25) is 9.79 Å². The van der Waals surface area contributed by atoms with Gasteiger partial charge in [-0.15, -0.1) is 0 Å². The van der Waals surface area contributed by atoms with Crippen molar-refractivity contribution in [3.8, 4) is 34.8 Å². The lowest BCUT2D eigenvalue weighted by Crippen LogP contribution is -1.98. The first kappa shape index (κ1) is 20.4. The summed E-state index contributed by atoms with van der Waals surface area (Å²) in [5.41, 5.74) is 7.07. The number of aromatic nitrogens is 1. The van der Waals surface area contributed by atoms with Crippen molar-refractivity contribution in [3.63, 3.8) is 0 Å². The minimum absolute atomic E-state index is 0.00502.